The van der Waals surface area contributed by atoms with Gasteiger partial charge < -0.3 is 15.7 Å². The second-order valence-electron chi connectivity index (χ2n) is 6.73. The van der Waals surface area contributed by atoms with Crippen molar-refractivity contribution in [3.8, 4) is 0 Å². The largest absolute Gasteiger partial charge is 0.384 e. The van der Waals surface area contributed by atoms with Crippen molar-refractivity contribution in [3.05, 3.63) is 53.3 Å². The smallest absolute Gasteiger partial charge is 0.255 e. The molecular weight excluding hydrogens is 332 g/mol. The zero-order valence-corrected chi connectivity index (χ0v) is 14.7. The van der Waals surface area contributed by atoms with Crippen LogP contribution in [0.5, 0.6) is 0 Å². The average molecular weight is 356 g/mol. The summed E-state index contributed by atoms with van der Waals surface area (Å²) in [6, 6.07) is 9.56. The fourth-order valence-electron chi connectivity index (χ4n) is 3.30. The molecule has 7 nitrogen and oxygen atoms in total. The van der Waals surface area contributed by atoms with Gasteiger partial charge in [0, 0.05) is 18.5 Å². The summed E-state index contributed by atoms with van der Waals surface area (Å²) >= 11 is 0. The topological polar surface area (TPSA) is 107 Å². The first-order valence-corrected chi connectivity index (χ1v) is 8.90. The number of aromatic nitrogens is 2. The van der Waals surface area contributed by atoms with E-state index in [1.165, 1.54) is 13.1 Å². The van der Waals surface area contributed by atoms with Gasteiger partial charge >= 0.3 is 0 Å². The first kappa shape index (κ1) is 18.1. The predicted octanol–water partition coefficient (Wildman–Crippen LogP) is 1.15. The Hall–Kier alpha value is -2.67. The number of hydrogen-bond acceptors (Lipinski definition) is 4. The number of carbonyl (C=O) groups is 2. The van der Waals surface area contributed by atoms with Crippen LogP contribution in [0.25, 0.3) is 0 Å². The molecule has 0 spiro atoms. The summed E-state index contributed by atoms with van der Waals surface area (Å²) in [5, 5.41) is 22.1. The van der Waals surface area contributed by atoms with Gasteiger partial charge in [-0.25, -0.2) is 0 Å². The summed E-state index contributed by atoms with van der Waals surface area (Å²) < 4.78 is 0. The average Bonchev–Trinajstić information content (AvgIpc) is 3.25. The molecule has 7 heteroatoms. The first-order valence-electron chi connectivity index (χ1n) is 8.90. The maximum Gasteiger partial charge on any atom is 0.255 e. The Kier molecular flexibility index (Phi) is 5.68. The molecule has 2 aromatic rings. The number of aliphatic hydroxyl groups is 1. The van der Waals surface area contributed by atoms with Crippen LogP contribution in [0, 0.1) is 0 Å². The summed E-state index contributed by atoms with van der Waals surface area (Å²) in [4.78, 5) is 24.4. The molecule has 0 saturated heterocycles. The molecule has 1 aliphatic rings. The van der Waals surface area contributed by atoms with Crippen LogP contribution in [0.3, 0.4) is 0 Å². The van der Waals surface area contributed by atoms with Crippen molar-refractivity contribution in [2.75, 3.05) is 0 Å². The lowest BCUT2D eigenvalue weighted by Crippen LogP contribution is -2.50. The summed E-state index contributed by atoms with van der Waals surface area (Å²) in [7, 11) is 0. The van der Waals surface area contributed by atoms with Gasteiger partial charge in [0.05, 0.1) is 17.5 Å². The summed E-state index contributed by atoms with van der Waals surface area (Å²) in [6.45, 7) is 1.43. The predicted molar refractivity (Wildman–Crippen MR) is 96.6 cm³/mol. The van der Waals surface area contributed by atoms with Crippen molar-refractivity contribution >= 4 is 11.8 Å². The Labute approximate surface area is 152 Å². The molecule has 1 aromatic carbocycles. The Bertz CT molecular complexity index is 757. The van der Waals surface area contributed by atoms with Gasteiger partial charge in [0.1, 0.15) is 6.10 Å². The van der Waals surface area contributed by atoms with E-state index < -0.39 is 12.0 Å². The van der Waals surface area contributed by atoms with Gasteiger partial charge in [-0.2, -0.15) is 5.10 Å². The number of rotatable bonds is 6. The van der Waals surface area contributed by atoms with E-state index in [9.17, 15) is 14.7 Å². The van der Waals surface area contributed by atoms with Crippen LogP contribution in [0.15, 0.2) is 36.5 Å². The molecule has 3 atom stereocenters. The SMILES string of the molecule is CC(O)C(=O)N[C@@H]1CCC[C@H]1NC(=O)c1cn[nH]c1Cc1ccccc1. The van der Waals surface area contributed by atoms with Gasteiger partial charge in [-0.1, -0.05) is 30.3 Å². The summed E-state index contributed by atoms with van der Waals surface area (Å²) in [6.07, 6.45) is 3.56. The van der Waals surface area contributed by atoms with Crippen molar-refractivity contribution in [3.63, 3.8) is 0 Å². The molecule has 1 aromatic heterocycles. The molecule has 1 fully saturated rings. The summed E-state index contributed by atoms with van der Waals surface area (Å²) in [5.74, 6) is -0.614. The molecule has 2 amide bonds. The molecule has 138 valence electrons. The third kappa shape index (κ3) is 4.29. The number of aromatic amines is 1. The van der Waals surface area contributed by atoms with Crippen molar-refractivity contribution < 1.29 is 14.7 Å². The monoisotopic (exact) mass is 356 g/mol. The summed E-state index contributed by atoms with van der Waals surface area (Å²) in [5.41, 5.74) is 2.37. The Morgan fingerprint density at radius 2 is 1.92 bits per heavy atom. The molecule has 26 heavy (non-hydrogen) atoms. The maximum absolute atomic E-state index is 12.7. The van der Waals surface area contributed by atoms with Crippen LogP contribution in [-0.2, 0) is 11.2 Å². The van der Waals surface area contributed by atoms with E-state index in [2.05, 4.69) is 20.8 Å². The number of benzene rings is 1. The standard InChI is InChI=1S/C19H24N4O3/c1-12(24)18(25)21-15-8-5-9-16(15)22-19(26)14-11-20-23-17(14)10-13-6-3-2-4-7-13/h2-4,6-7,11-12,15-16,24H,5,8-10H2,1H3,(H,20,23)(H,21,25)(H,22,26)/t12?,15-,16-/m1/s1. The lowest BCUT2D eigenvalue weighted by molar-refractivity contribution is -0.129. The van der Waals surface area contributed by atoms with Crippen LogP contribution in [0.4, 0.5) is 0 Å². The van der Waals surface area contributed by atoms with Crippen LogP contribution < -0.4 is 10.6 Å². The maximum atomic E-state index is 12.7. The van der Waals surface area contributed by atoms with Crippen LogP contribution >= 0.6 is 0 Å². The van der Waals surface area contributed by atoms with Crippen molar-refractivity contribution in [2.24, 2.45) is 0 Å². The zero-order valence-electron chi connectivity index (χ0n) is 14.7. The molecule has 4 N–H and O–H groups in total. The molecule has 1 saturated carbocycles. The van der Waals surface area contributed by atoms with Gasteiger partial charge in [-0.15, -0.1) is 0 Å². The van der Waals surface area contributed by atoms with Crippen molar-refractivity contribution in [1.82, 2.24) is 20.8 Å². The Morgan fingerprint density at radius 1 is 1.23 bits per heavy atom. The molecule has 0 radical (unpaired) electrons. The second kappa shape index (κ2) is 8.14. The van der Waals surface area contributed by atoms with E-state index in [1.807, 2.05) is 30.3 Å². The molecular formula is C19H24N4O3. The van der Waals surface area contributed by atoms with Crippen LogP contribution in [0.1, 0.15) is 47.8 Å². The van der Waals surface area contributed by atoms with Gasteiger partial charge in [0.2, 0.25) is 5.91 Å². The van der Waals surface area contributed by atoms with E-state index in [-0.39, 0.29) is 18.0 Å². The fraction of sp³-hybridized carbons (Fsp3) is 0.421. The quantitative estimate of drug-likeness (QED) is 0.623. The number of aliphatic hydroxyl groups excluding tert-OH is 1. The van der Waals surface area contributed by atoms with E-state index in [1.54, 1.807) is 0 Å². The lowest BCUT2D eigenvalue weighted by atomic mass is 10.1. The lowest BCUT2D eigenvalue weighted by Gasteiger charge is -2.23. The van der Waals surface area contributed by atoms with Crippen LogP contribution in [-0.4, -0.2) is 45.3 Å². The highest BCUT2D eigenvalue weighted by atomic mass is 16.3. The molecule has 0 bridgehead atoms. The number of nitrogens with one attached hydrogen (secondary N) is 3. The number of carbonyl (C=O) groups excluding carboxylic acids is 2. The molecule has 1 unspecified atom stereocenters. The minimum atomic E-state index is -1.06. The number of hydrogen-bond donors (Lipinski definition) is 4. The fourth-order valence-corrected chi connectivity index (χ4v) is 3.30. The van der Waals surface area contributed by atoms with E-state index in [0.29, 0.717) is 12.0 Å². The molecule has 0 aliphatic heterocycles. The molecule has 3 rings (SSSR count). The Balaban J connectivity index is 1.65. The van der Waals surface area contributed by atoms with E-state index in [4.69, 9.17) is 0 Å². The first-order chi connectivity index (χ1) is 12.5. The zero-order chi connectivity index (χ0) is 18.5. The second-order valence-corrected chi connectivity index (χ2v) is 6.73. The van der Waals surface area contributed by atoms with Crippen molar-refractivity contribution in [2.45, 2.75) is 50.8 Å². The highest BCUT2D eigenvalue weighted by molar-refractivity contribution is 5.95. The normalized spacial score (nSPS) is 20.5. The van der Waals surface area contributed by atoms with Gasteiger partial charge in [0.15, 0.2) is 0 Å². The number of amides is 2. The van der Waals surface area contributed by atoms with Gasteiger partial charge in [0.25, 0.3) is 5.91 Å². The highest BCUT2D eigenvalue weighted by Gasteiger charge is 2.31. The minimum absolute atomic E-state index is 0.148. The third-order valence-electron chi connectivity index (χ3n) is 4.73. The van der Waals surface area contributed by atoms with Crippen LogP contribution in [0.2, 0.25) is 0 Å². The molecule has 1 heterocycles. The third-order valence-corrected chi connectivity index (χ3v) is 4.73. The van der Waals surface area contributed by atoms with E-state index >= 15 is 0 Å². The Morgan fingerprint density at radius 3 is 2.62 bits per heavy atom. The minimum Gasteiger partial charge on any atom is -0.384 e. The van der Waals surface area contributed by atoms with Gasteiger partial charge in [-0.3, -0.25) is 14.7 Å². The highest BCUT2D eigenvalue weighted by Crippen LogP contribution is 2.20. The number of nitrogens with zero attached hydrogens (tertiary/aromatic N) is 1. The van der Waals surface area contributed by atoms with Crippen molar-refractivity contribution in [1.29, 1.82) is 0 Å². The van der Waals surface area contributed by atoms with E-state index in [0.717, 1.165) is 30.5 Å². The number of H-pyrrole nitrogens is 1. The molecule has 1 aliphatic carbocycles. The van der Waals surface area contributed by atoms with Gasteiger partial charge in [-0.05, 0) is 31.7 Å².